The standard InChI is InChI=1S/C12H21ClF3NO/c1-10(13)11-3-6-17(7-4-11)5-2-8-18-9-12(14,15)16/h10-11H,2-9H2,1H3. The minimum Gasteiger partial charge on any atom is -0.372 e. The fraction of sp³-hybridized carbons (Fsp3) is 1.00. The lowest BCUT2D eigenvalue weighted by molar-refractivity contribution is -0.174. The van der Waals surface area contributed by atoms with E-state index in [0.717, 1.165) is 32.5 Å². The molecule has 1 aliphatic rings. The third-order valence-corrected chi connectivity index (χ3v) is 3.67. The summed E-state index contributed by atoms with van der Waals surface area (Å²) in [6, 6.07) is 0. The Balaban J connectivity index is 2.01. The number of hydrogen-bond acceptors (Lipinski definition) is 2. The zero-order valence-electron chi connectivity index (χ0n) is 10.7. The van der Waals surface area contributed by atoms with Crippen molar-refractivity contribution in [2.24, 2.45) is 5.92 Å². The lowest BCUT2D eigenvalue weighted by Gasteiger charge is -2.33. The summed E-state index contributed by atoms with van der Waals surface area (Å²) in [7, 11) is 0. The van der Waals surface area contributed by atoms with Crippen molar-refractivity contribution in [3.8, 4) is 0 Å². The largest absolute Gasteiger partial charge is 0.411 e. The molecule has 1 rings (SSSR count). The summed E-state index contributed by atoms with van der Waals surface area (Å²) in [5, 5.41) is 0.210. The van der Waals surface area contributed by atoms with Gasteiger partial charge in [-0.3, -0.25) is 0 Å². The number of likely N-dealkylation sites (tertiary alicyclic amines) is 1. The fourth-order valence-corrected chi connectivity index (χ4v) is 2.47. The van der Waals surface area contributed by atoms with Crippen molar-refractivity contribution in [1.82, 2.24) is 4.90 Å². The van der Waals surface area contributed by atoms with Gasteiger partial charge in [-0.2, -0.15) is 13.2 Å². The van der Waals surface area contributed by atoms with Gasteiger partial charge in [-0.05, 0) is 45.2 Å². The van der Waals surface area contributed by atoms with Crippen molar-refractivity contribution >= 4 is 11.6 Å². The molecule has 0 aromatic heterocycles. The van der Waals surface area contributed by atoms with Gasteiger partial charge in [0.2, 0.25) is 0 Å². The maximum absolute atomic E-state index is 11.8. The van der Waals surface area contributed by atoms with E-state index in [1.54, 1.807) is 0 Å². The van der Waals surface area contributed by atoms with Crippen molar-refractivity contribution in [1.29, 1.82) is 0 Å². The van der Waals surface area contributed by atoms with Crippen LogP contribution in [-0.4, -0.2) is 49.3 Å². The molecule has 2 nitrogen and oxygen atoms in total. The van der Waals surface area contributed by atoms with Gasteiger partial charge in [0.15, 0.2) is 0 Å². The van der Waals surface area contributed by atoms with Crippen LogP contribution in [0.1, 0.15) is 26.2 Å². The van der Waals surface area contributed by atoms with Crippen molar-refractivity contribution in [3.63, 3.8) is 0 Å². The maximum atomic E-state index is 11.8. The molecule has 0 saturated carbocycles. The van der Waals surface area contributed by atoms with Gasteiger partial charge in [0, 0.05) is 18.5 Å². The summed E-state index contributed by atoms with van der Waals surface area (Å²) in [5.74, 6) is 0.574. The first-order chi connectivity index (χ1) is 8.38. The zero-order chi connectivity index (χ0) is 13.6. The average Bonchev–Trinajstić information content (AvgIpc) is 2.27. The van der Waals surface area contributed by atoms with Crippen molar-refractivity contribution in [2.75, 3.05) is 32.8 Å². The van der Waals surface area contributed by atoms with Crippen LogP contribution in [0.4, 0.5) is 13.2 Å². The predicted octanol–water partition coefficient (Wildman–Crippen LogP) is 3.29. The molecule has 18 heavy (non-hydrogen) atoms. The van der Waals surface area contributed by atoms with Crippen LogP contribution in [0.5, 0.6) is 0 Å². The van der Waals surface area contributed by atoms with Gasteiger partial charge in [0.05, 0.1) is 0 Å². The predicted molar refractivity (Wildman–Crippen MR) is 66.0 cm³/mol. The Bertz CT molecular complexity index is 228. The van der Waals surface area contributed by atoms with Gasteiger partial charge in [-0.25, -0.2) is 0 Å². The molecule has 0 aromatic rings. The van der Waals surface area contributed by atoms with Crippen LogP contribution in [0.25, 0.3) is 0 Å². The minimum absolute atomic E-state index is 0.172. The van der Waals surface area contributed by atoms with E-state index in [-0.39, 0.29) is 12.0 Å². The van der Waals surface area contributed by atoms with Gasteiger partial charge >= 0.3 is 6.18 Å². The summed E-state index contributed by atoms with van der Waals surface area (Å²) in [5.41, 5.74) is 0. The lowest BCUT2D eigenvalue weighted by atomic mass is 9.94. The monoisotopic (exact) mass is 287 g/mol. The minimum atomic E-state index is -4.21. The summed E-state index contributed by atoms with van der Waals surface area (Å²) in [6.45, 7) is 3.83. The SMILES string of the molecule is CC(Cl)C1CCN(CCCOCC(F)(F)F)CC1. The Labute approximate surface area is 111 Å². The third kappa shape index (κ3) is 6.81. The highest BCUT2D eigenvalue weighted by molar-refractivity contribution is 6.20. The van der Waals surface area contributed by atoms with Crippen LogP contribution >= 0.6 is 11.6 Å². The second-order valence-corrected chi connectivity index (χ2v) is 5.57. The maximum Gasteiger partial charge on any atom is 0.411 e. The first-order valence-electron chi connectivity index (χ1n) is 6.39. The van der Waals surface area contributed by atoms with E-state index in [1.807, 2.05) is 6.92 Å². The summed E-state index contributed by atoms with van der Waals surface area (Å²) in [6.07, 6.45) is -1.41. The fourth-order valence-electron chi connectivity index (χ4n) is 2.21. The molecule has 0 aliphatic carbocycles. The van der Waals surface area contributed by atoms with E-state index in [1.165, 1.54) is 0 Å². The first-order valence-corrected chi connectivity index (χ1v) is 6.83. The van der Waals surface area contributed by atoms with Gasteiger partial charge in [0.1, 0.15) is 6.61 Å². The molecule has 0 spiro atoms. The molecule has 6 heteroatoms. The molecule has 0 radical (unpaired) electrons. The van der Waals surface area contributed by atoms with Crippen molar-refractivity contribution < 1.29 is 17.9 Å². The highest BCUT2D eigenvalue weighted by Gasteiger charge is 2.27. The van der Waals surface area contributed by atoms with Gasteiger partial charge in [-0.15, -0.1) is 11.6 Å². The molecule has 0 bridgehead atoms. The Morgan fingerprint density at radius 1 is 1.33 bits per heavy atom. The van der Waals surface area contributed by atoms with Crippen LogP contribution in [0.15, 0.2) is 0 Å². The van der Waals surface area contributed by atoms with Crippen LogP contribution in [-0.2, 0) is 4.74 Å². The Hall–Kier alpha value is -0.0000000000000000555. The summed E-state index contributed by atoms with van der Waals surface area (Å²) in [4.78, 5) is 2.27. The number of hydrogen-bond donors (Lipinski definition) is 0. The Morgan fingerprint density at radius 3 is 2.44 bits per heavy atom. The van der Waals surface area contributed by atoms with Crippen molar-refractivity contribution in [3.05, 3.63) is 0 Å². The smallest absolute Gasteiger partial charge is 0.372 e. The third-order valence-electron chi connectivity index (χ3n) is 3.31. The molecule has 1 unspecified atom stereocenters. The highest BCUT2D eigenvalue weighted by Crippen LogP contribution is 2.23. The number of alkyl halides is 4. The van der Waals surface area contributed by atoms with E-state index in [2.05, 4.69) is 9.64 Å². The molecule has 0 amide bonds. The Morgan fingerprint density at radius 2 is 1.94 bits per heavy atom. The van der Waals surface area contributed by atoms with E-state index in [0.29, 0.717) is 12.3 Å². The van der Waals surface area contributed by atoms with E-state index in [4.69, 9.17) is 11.6 Å². The number of piperidine rings is 1. The molecule has 1 aliphatic heterocycles. The second kappa shape index (κ2) is 7.56. The van der Waals surface area contributed by atoms with Crippen LogP contribution in [0.2, 0.25) is 0 Å². The molecular weight excluding hydrogens is 267 g/mol. The number of nitrogens with zero attached hydrogens (tertiary/aromatic N) is 1. The normalized spacial score (nSPS) is 21.2. The topological polar surface area (TPSA) is 12.5 Å². The quantitative estimate of drug-likeness (QED) is 0.549. The average molecular weight is 288 g/mol. The molecule has 1 saturated heterocycles. The molecular formula is C12H21ClF3NO. The van der Waals surface area contributed by atoms with E-state index < -0.39 is 12.8 Å². The lowest BCUT2D eigenvalue weighted by Crippen LogP contribution is -2.36. The number of halogens is 4. The van der Waals surface area contributed by atoms with E-state index >= 15 is 0 Å². The molecule has 1 fully saturated rings. The number of ether oxygens (including phenoxy) is 1. The highest BCUT2D eigenvalue weighted by atomic mass is 35.5. The van der Waals surface area contributed by atoms with Crippen LogP contribution in [0.3, 0.4) is 0 Å². The molecule has 108 valence electrons. The van der Waals surface area contributed by atoms with Gasteiger partial charge in [-0.1, -0.05) is 0 Å². The molecule has 0 aromatic carbocycles. The van der Waals surface area contributed by atoms with Crippen molar-refractivity contribution in [2.45, 2.75) is 37.7 Å². The molecule has 1 atom stereocenters. The summed E-state index contributed by atoms with van der Waals surface area (Å²) >= 11 is 6.05. The van der Waals surface area contributed by atoms with Crippen LogP contribution < -0.4 is 0 Å². The molecule has 1 heterocycles. The number of rotatable bonds is 6. The Kier molecular flexibility index (Phi) is 6.74. The first kappa shape index (κ1) is 16.1. The second-order valence-electron chi connectivity index (χ2n) is 4.88. The van der Waals surface area contributed by atoms with Gasteiger partial charge in [0.25, 0.3) is 0 Å². The molecule has 0 N–H and O–H groups in total. The van der Waals surface area contributed by atoms with E-state index in [9.17, 15) is 13.2 Å². The summed E-state index contributed by atoms with van der Waals surface area (Å²) < 4.78 is 40.0. The van der Waals surface area contributed by atoms with Crippen LogP contribution in [0, 0.1) is 5.92 Å². The van der Waals surface area contributed by atoms with Gasteiger partial charge < -0.3 is 9.64 Å². The zero-order valence-corrected chi connectivity index (χ0v) is 11.4.